The summed E-state index contributed by atoms with van der Waals surface area (Å²) >= 11 is 1.72. The van der Waals surface area contributed by atoms with Crippen molar-refractivity contribution >= 4 is 23.1 Å². The van der Waals surface area contributed by atoms with Crippen LogP contribution in [0.5, 0.6) is 11.5 Å². The quantitative estimate of drug-likeness (QED) is 0.842. The van der Waals surface area contributed by atoms with Gasteiger partial charge in [0.15, 0.2) is 0 Å². The molecule has 0 radical (unpaired) electrons. The summed E-state index contributed by atoms with van der Waals surface area (Å²) < 4.78 is 10.6. The fourth-order valence-electron chi connectivity index (χ4n) is 3.20. The van der Waals surface area contributed by atoms with Crippen LogP contribution in [-0.4, -0.2) is 31.7 Å². The number of hydrogen-bond acceptors (Lipinski definition) is 4. The Morgan fingerprint density at radius 2 is 1.92 bits per heavy atom. The number of hydrogen-bond donors (Lipinski definition) is 1. The number of carbonyl (C=O) groups excluding carboxylic acids is 1. The molecule has 25 heavy (non-hydrogen) atoms. The zero-order valence-electron chi connectivity index (χ0n) is 14.7. The van der Waals surface area contributed by atoms with Crippen molar-refractivity contribution in [3.63, 3.8) is 0 Å². The van der Waals surface area contributed by atoms with Crippen LogP contribution in [0.2, 0.25) is 0 Å². The summed E-state index contributed by atoms with van der Waals surface area (Å²) in [6.07, 6.45) is 4.37. The minimum absolute atomic E-state index is 0.0735. The highest BCUT2D eigenvalue weighted by molar-refractivity contribution is 7.10. The van der Waals surface area contributed by atoms with Crippen LogP contribution in [0.1, 0.15) is 36.6 Å². The zero-order valence-corrected chi connectivity index (χ0v) is 15.5. The van der Waals surface area contributed by atoms with Crippen molar-refractivity contribution in [2.45, 2.75) is 31.7 Å². The Labute approximate surface area is 152 Å². The number of carbonyl (C=O) groups is 1. The fraction of sp³-hybridized carbons (Fsp3) is 0.421. The number of nitrogens with zero attached hydrogens (tertiary/aromatic N) is 1. The van der Waals surface area contributed by atoms with Gasteiger partial charge in [-0.15, -0.1) is 11.3 Å². The third-order valence-electron chi connectivity index (χ3n) is 4.49. The number of likely N-dealkylation sites (tertiary alicyclic amines) is 1. The Morgan fingerprint density at radius 3 is 2.56 bits per heavy atom. The van der Waals surface area contributed by atoms with Crippen LogP contribution >= 0.6 is 11.3 Å². The summed E-state index contributed by atoms with van der Waals surface area (Å²) in [5.74, 6) is 1.31. The second kappa shape index (κ2) is 8.25. The highest BCUT2D eigenvalue weighted by Crippen LogP contribution is 2.33. The summed E-state index contributed by atoms with van der Waals surface area (Å²) in [6.45, 7) is 0.773. The summed E-state index contributed by atoms with van der Waals surface area (Å²) in [7, 11) is 3.20. The minimum atomic E-state index is -0.0735. The molecule has 1 aliphatic rings. The molecule has 2 heterocycles. The standard InChI is InChI=1S/C19H24N2O3S/c1-23-15-11-14(12-16(13-15)24-2)20-19(22)21-9-5-3-4-7-17(21)18-8-6-10-25-18/h6,8,10-13,17H,3-5,7,9H2,1-2H3,(H,20,22)/t17-/m0/s1. The van der Waals surface area contributed by atoms with Crippen LogP contribution in [0.3, 0.4) is 0 Å². The molecule has 1 aromatic heterocycles. The molecule has 1 aliphatic heterocycles. The van der Waals surface area contributed by atoms with Gasteiger partial charge in [-0.25, -0.2) is 4.79 Å². The van der Waals surface area contributed by atoms with Gasteiger partial charge < -0.3 is 19.7 Å². The molecule has 134 valence electrons. The molecular weight excluding hydrogens is 336 g/mol. The Kier molecular flexibility index (Phi) is 5.81. The molecule has 1 fully saturated rings. The van der Waals surface area contributed by atoms with Crippen LogP contribution in [0.15, 0.2) is 35.7 Å². The Balaban J connectivity index is 1.80. The van der Waals surface area contributed by atoms with Crippen LogP contribution in [-0.2, 0) is 0 Å². The maximum atomic E-state index is 13.0. The van der Waals surface area contributed by atoms with Gasteiger partial charge in [0, 0.05) is 35.3 Å². The van der Waals surface area contributed by atoms with Crippen molar-refractivity contribution in [3.05, 3.63) is 40.6 Å². The Bertz CT molecular complexity index is 680. The highest BCUT2D eigenvalue weighted by atomic mass is 32.1. The largest absolute Gasteiger partial charge is 0.497 e. The second-order valence-corrected chi connectivity index (χ2v) is 7.08. The predicted octanol–water partition coefficient (Wildman–Crippen LogP) is 4.91. The first-order chi connectivity index (χ1) is 12.2. The van der Waals surface area contributed by atoms with Gasteiger partial charge in [-0.05, 0) is 24.3 Å². The molecule has 0 aliphatic carbocycles. The number of urea groups is 1. The fourth-order valence-corrected chi connectivity index (χ4v) is 4.08. The minimum Gasteiger partial charge on any atom is -0.497 e. The van der Waals surface area contributed by atoms with Crippen LogP contribution in [0.4, 0.5) is 10.5 Å². The van der Waals surface area contributed by atoms with Crippen molar-refractivity contribution in [1.29, 1.82) is 0 Å². The normalized spacial score (nSPS) is 17.7. The molecule has 1 atom stereocenters. The van der Waals surface area contributed by atoms with E-state index in [0.717, 1.165) is 25.8 Å². The van der Waals surface area contributed by atoms with Gasteiger partial charge in [0.25, 0.3) is 0 Å². The molecule has 0 bridgehead atoms. The zero-order chi connectivity index (χ0) is 17.6. The Morgan fingerprint density at radius 1 is 1.16 bits per heavy atom. The lowest BCUT2D eigenvalue weighted by atomic mass is 10.1. The third kappa shape index (κ3) is 4.25. The van der Waals surface area contributed by atoms with E-state index in [9.17, 15) is 4.79 Å². The molecule has 6 heteroatoms. The molecular formula is C19H24N2O3S. The SMILES string of the molecule is COc1cc(NC(=O)N2CCCCC[C@H]2c2cccs2)cc(OC)c1. The number of nitrogens with one attached hydrogen (secondary N) is 1. The van der Waals surface area contributed by atoms with Gasteiger partial charge in [0.05, 0.1) is 20.3 Å². The molecule has 0 spiro atoms. The first-order valence-corrected chi connectivity index (χ1v) is 9.43. The number of methoxy groups -OCH3 is 2. The van der Waals surface area contributed by atoms with E-state index in [2.05, 4.69) is 16.8 Å². The number of amides is 2. The molecule has 1 saturated heterocycles. The van der Waals surface area contributed by atoms with E-state index < -0.39 is 0 Å². The first kappa shape index (κ1) is 17.6. The smallest absolute Gasteiger partial charge is 0.322 e. The molecule has 0 unspecified atom stereocenters. The highest BCUT2D eigenvalue weighted by Gasteiger charge is 2.27. The van der Waals surface area contributed by atoms with Gasteiger partial charge in [-0.2, -0.15) is 0 Å². The van der Waals surface area contributed by atoms with Crippen molar-refractivity contribution in [2.75, 3.05) is 26.1 Å². The monoisotopic (exact) mass is 360 g/mol. The molecule has 5 nitrogen and oxygen atoms in total. The molecule has 1 aromatic carbocycles. The average Bonchev–Trinajstić information content (AvgIpc) is 3.05. The molecule has 2 amide bonds. The molecule has 0 saturated carbocycles. The van der Waals surface area contributed by atoms with Gasteiger partial charge in [-0.3, -0.25) is 0 Å². The third-order valence-corrected chi connectivity index (χ3v) is 5.46. The summed E-state index contributed by atoms with van der Waals surface area (Å²) in [5.41, 5.74) is 0.676. The van der Waals surface area contributed by atoms with Gasteiger partial charge in [0.1, 0.15) is 11.5 Å². The Hall–Kier alpha value is -2.21. The topological polar surface area (TPSA) is 50.8 Å². The number of ether oxygens (including phenoxy) is 2. The molecule has 3 rings (SSSR count). The molecule has 2 aromatic rings. The first-order valence-electron chi connectivity index (χ1n) is 8.55. The molecule has 1 N–H and O–H groups in total. The van der Waals surface area contributed by atoms with E-state index in [1.807, 2.05) is 11.0 Å². The number of rotatable bonds is 4. The lowest BCUT2D eigenvalue weighted by molar-refractivity contribution is 0.190. The number of anilines is 1. The summed E-state index contributed by atoms with van der Waals surface area (Å²) in [4.78, 5) is 16.2. The second-order valence-electron chi connectivity index (χ2n) is 6.11. The van der Waals surface area contributed by atoms with Gasteiger partial charge in [0.2, 0.25) is 0 Å². The summed E-state index contributed by atoms with van der Waals surface area (Å²) in [6, 6.07) is 9.64. The maximum Gasteiger partial charge on any atom is 0.322 e. The van der Waals surface area contributed by atoms with E-state index in [1.165, 1.54) is 11.3 Å². The lowest BCUT2D eigenvalue weighted by Gasteiger charge is -2.29. The van der Waals surface area contributed by atoms with Crippen LogP contribution in [0.25, 0.3) is 0 Å². The van der Waals surface area contributed by atoms with E-state index in [-0.39, 0.29) is 12.1 Å². The van der Waals surface area contributed by atoms with Crippen molar-refractivity contribution in [1.82, 2.24) is 4.90 Å². The van der Waals surface area contributed by atoms with E-state index in [1.54, 1.807) is 43.8 Å². The number of benzene rings is 1. The van der Waals surface area contributed by atoms with Gasteiger partial charge >= 0.3 is 6.03 Å². The maximum absolute atomic E-state index is 13.0. The van der Waals surface area contributed by atoms with E-state index in [4.69, 9.17) is 9.47 Å². The lowest BCUT2D eigenvalue weighted by Crippen LogP contribution is -2.37. The van der Waals surface area contributed by atoms with Gasteiger partial charge in [-0.1, -0.05) is 18.9 Å². The predicted molar refractivity (Wildman–Crippen MR) is 101 cm³/mol. The van der Waals surface area contributed by atoms with Crippen molar-refractivity contribution in [2.24, 2.45) is 0 Å². The van der Waals surface area contributed by atoms with E-state index >= 15 is 0 Å². The van der Waals surface area contributed by atoms with Crippen LogP contribution < -0.4 is 14.8 Å². The average molecular weight is 360 g/mol. The van der Waals surface area contributed by atoms with Crippen LogP contribution in [0, 0.1) is 0 Å². The van der Waals surface area contributed by atoms with Crippen molar-refractivity contribution < 1.29 is 14.3 Å². The number of thiophene rings is 1. The summed E-state index contributed by atoms with van der Waals surface area (Å²) in [5, 5.41) is 5.09. The van der Waals surface area contributed by atoms with E-state index in [0.29, 0.717) is 17.2 Å². The van der Waals surface area contributed by atoms with Crippen molar-refractivity contribution in [3.8, 4) is 11.5 Å².